The van der Waals surface area contributed by atoms with Gasteiger partial charge in [-0.25, -0.2) is 4.98 Å². The maximum atomic E-state index is 12.2. The van der Waals surface area contributed by atoms with Crippen LogP contribution in [0.5, 0.6) is 0 Å². The van der Waals surface area contributed by atoms with Crippen LogP contribution in [0.2, 0.25) is 0 Å². The number of H-pyrrole nitrogens is 1. The van der Waals surface area contributed by atoms with Crippen LogP contribution in [0.3, 0.4) is 0 Å². The van der Waals surface area contributed by atoms with E-state index in [1.165, 1.54) is 5.56 Å². The summed E-state index contributed by atoms with van der Waals surface area (Å²) in [4.78, 5) is 25.0. The zero-order valence-corrected chi connectivity index (χ0v) is 15.5. The molecule has 5 rings (SSSR count). The number of rotatable bonds is 3. The lowest BCUT2D eigenvalue weighted by Crippen LogP contribution is -2.34. The zero-order chi connectivity index (χ0) is 18.4. The van der Waals surface area contributed by atoms with Crippen molar-refractivity contribution in [2.75, 3.05) is 19.6 Å². The van der Waals surface area contributed by atoms with E-state index in [1.807, 2.05) is 24.3 Å². The number of imidazole rings is 1. The Morgan fingerprint density at radius 3 is 2.63 bits per heavy atom. The Morgan fingerprint density at radius 2 is 1.85 bits per heavy atom. The second kappa shape index (κ2) is 6.50. The Kier molecular flexibility index (Phi) is 3.97. The van der Waals surface area contributed by atoms with Crippen molar-refractivity contribution in [3.05, 3.63) is 66.0 Å². The van der Waals surface area contributed by atoms with Gasteiger partial charge in [0.1, 0.15) is 5.82 Å². The van der Waals surface area contributed by atoms with Gasteiger partial charge in [0, 0.05) is 32.5 Å². The minimum absolute atomic E-state index is 0.182. The molecular formula is C22H24N4O. The number of nitrogens with one attached hydrogen (secondary N) is 1. The summed E-state index contributed by atoms with van der Waals surface area (Å²) in [6, 6.07) is 18.9. The second-order valence-electron chi connectivity index (χ2n) is 7.85. The molecule has 138 valence electrons. The molecule has 0 aliphatic carbocycles. The molecular weight excluding hydrogens is 336 g/mol. The van der Waals surface area contributed by atoms with E-state index in [4.69, 9.17) is 4.98 Å². The molecule has 27 heavy (non-hydrogen) atoms. The molecule has 1 N–H and O–H groups in total. The Balaban J connectivity index is 1.36. The predicted molar refractivity (Wildman–Crippen MR) is 105 cm³/mol. The number of aromatic nitrogens is 2. The van der Waals surface area contributed by atoms with Crippen LogP contribution in [0.25, 0.3) is 11.0 Å². The van der Waals surface area contributed by atoms with Gasteiger partial charge in [-0.2, -0.15) is 0 Å². The lowest BCUT2D eigenvalue weighted by molar-refractivity contribution is -0.130. The molecule has 2 aromatic carbocycles. The highest BCUT2D eigenvalue weighted by Crippen LogP contribution is 2.45. The van der Waals surface area contributed by atoms with Gasteiger partial charge in [-0.3, -0.25) is 9.69 Å². The maximum Gasteiger partial charge on any atom is 0.219 e. The van der Waals surface area contributed by atoms with Gasteiger partial charge in [0.15, 0.2) is 0 Å². The number of carbonyl (C=O) groups is 1. The molecule has 2 saturated heterocycles. The Hall–Kier alpha value is -2.66. The van der Waals surface area contributed by atoms with Crippen molar-refractivity contribution >= 4 is 16.9 Å². The summed E-state index contributed by atoms with van der Waals surface area (Å²) >= 11 is 0. The average Bonchev–Trinajstić information content (AvgIpc) is 3.33. The summed E-state index contributed by atoms with van der Waals surface area (Å²) in [5.41, 5.74) is 3.37. The van der Waals surface area contributed by atoms with Gasteiger partial charge in [0.25, 0.3) is 0 Å². The summed E-state index contributed by atoms with van der Waals surface area (Å²) in [6.07, 6.45) is 0. The SMILES string of the molecule is CC(=O)N1C[C@H]2CN(Cc3nc4ccccc4[nH]3)C[C@H]2[C@@H]1c1ccccc1. The van der Waals surface area contributed by atoms with Gasteiger partial charge in [-0.1, -0.05) is 42.5 Å². The molecule has 2 fully saturated rings. The summed E-state index contributed by atoms with van der Waals surface area (Å²) in [5.74, 6) is 2.22. The molecule has 5 heteroatoms. The summed E-state index contributed by atoms with van der Waals surface area (Å²) in [5, 5.41) is 0. The van der Waals surface area contributed by atoms with Crippen LogP contribution in [-0.4, -0.2) is 45.3 Å². The first-order valence-electron chi connectivity index (χ1n) is 9.67. The quantitative estimate of drug-likeness (QED) is 0.780. The minimum atomic E-state index is 0.182. The number of carbonyl (C=O) groups excluding carboxylic acids is 1. The van der Waals surface area contributed by atoms with Crippen LogP contribution in [0.15, 0.2) is 54.6 Å². The van der Waals surface area contributed by atoms with Crippen molar-refractivity contribution in [3.8, 4) is 0 Å². The lowest BCUT2D eigenvalue weighted by Gasteiger charge is -2.29. The fourth-order valence-corrected chi connectivity index (χ4v) is 4.96. The molecule has 0 spiro atoms. The first-order chi connectivity index (χ1) is 13.2. The van der Waals surface area contributed by atoms with Gasteiger partial charge in [0.2, 0.25) is 5.91 Å². The number of likely N-dealkylation sites (tertiary alicyclic amines) is 2. The Morgan fingerprint density at radius 1 is 1.07 bits per heavy atom. The summed E-state index contributed by atoms with van der Waals surface area (Å²) < 4.78 is 0. The second-order valence-corrected chi connectivity index (χ2v) is 7.85. The topological polar surface area (TPSA) is 52.2 Å². The summed E-state index contributed by atoms with van der Waals surface area (Å²) in [6.45, 7) is 5.42. The number of benzene rings is 2. The fraction of sp³-hybridized carbons (Fsp3) is 0.364. The van der Waals surface area contributed by atoms with Crippen molar-refractivity contribution in [1.29, 1.82) is 0 Å². The standard InChI is InChI=1S/C22H24N4O/c1-15(27)26-12-17-11-25(13-18(17)22(26)16-7-3-2-4-8-16)14-21-23-19-9-5-6-10-20(19)24-21/h2-10,17-18,22H,11-14H2,1H3,(H,23,24)/t17-,18-,22+/m1/s1. The summed E-state index contributed by atoms with van der Waals surface area (Å²) in [7, 11) is 0. The van der Waals surface area contributed by atoms with Crippen molar-refractivity contribution in [3.63, 3.8) is 0 Å². The van der Waals surface area contributed by atoms with Crippen LogP contribution < -0.4 is 0 Å². The molecule has 0 saturated carbocycles. The molecule has 2 aliphatic rings. The van der Waals surface area contributed by atoms with E-state index in [0.29, 0.717) is 11.8 Å². The number of hydrogen-bond donors (Lipinski definition) is 1. The average molecular weight is 360 g/mol. The van der Waals surface area contributed by atoms with Crippen molar-refractivity contribution < 1.29 is 4.79 Å². The highest BCUT2D eigenvalue weighted by molar-refractivity contribution is 5.75. The Labute approximate surface area is 159 Å². The smallest absolute Gasteiger partial charge is 0.219 e. The van der Waals surface area contributed by atoms with Crippen molar-refractivity contribution in [2.45, 2.75) is 19.5 Å². The van der Waals surface area contributed by atoms with E-state index >= 15 is 0 Å². The van der Waals surface area contributed by atoms with E-state index in [0.717, 1.165) is 43.0 Å². The molecule has 3 aromatic rings. The van der Waals surface area contributed by atoms with E-state index < -0.39 is 0 Å². The van der Waals surface area contributed by atoms with Gasteiger partial charge in [-0.05, 0) is 23.6 Å². The molecule has 2 aliphatic heterocycles. The molecule has 0 bridgehead atoms. The normalized spacial score (nSPS) is 25.2. The number of aromatic amines is 1. The first kappa shape index (κ1) is 16.5. The number of fused-ring (bicyclic) bond motifs is 2. The molecule has 1 aromatic heterocycles. The number of amides is 1. The predicted octanol–water partition coefficient (Wildman–Crippen LogP) is 3.21. The monoisotopic (exact) mass is 360 g/mol. The van der Waals surface area contributed by atoms with E-state index in [2.05, 4.69) is 45.1 Å². The zero-order valence-electron chi connectivity index (χ0n) is 15.5. The fourth-order valence-electron chi connectivity index (χ4n) is 4.96. The molecule has 1 amide bonds. The van der Waals surface area contributed by atoms with Crippen molar-refractivity contribution in [1.82, 2.24) is 19.8 Å². The molecule has 0 radical (unpaired) electrons. The number of hydrogen-bond acceptors (Lipinski definition) is 3. The van der Waals surface area contributed by atoms with Gasteiger partial charge in [-0.15, -0.1) is 0 Å². The third kappa shape index (κ3) is 2.92. The van der Waals surface area contributed by atoms with E-state index in [1.54, 1.807) is 6.92 Å². The van der Waals surface area contributed by atoms with Crippen LogP contribution in [0.1, 0.15) is 24.4 Å². The number of para-hydroxylation sites is 2. The van der Waals surface area contributed by atoms with E-state index in [-0.39, 0.29) is 11.9 Å². The van der Waals surface area contributed by atoms with Crippen molar-refractivity contribution in [2.24, 2.45) is 11.8 Å². The Bertz CT molecular complexity index is 934. The van der Waals surface area contributed by atoms with Gasteiger partial charge in [0.05, 0.1) is 23.6 Å². The van der Waals surface area contributed by atoms with Crippen LogP contribution >= 0.6 is 0 Å². The molecule has 3 atom stereocenters. The van der Waals surface area contributed by atoms with Crippen LogP contribution in [0.4, 0.5) is 0 Å². The van der Waals surface area contributed by atoms with Crippen LogP contribution in [-0.2, 0) is 11.3 Å². The first-order valence-corrected chi connectivity index (χ1v) is 9.67. The molecule has 3 heterocycles. The third-order valence-corrected chi connectivity index (χ3v) is 6.10. The maximum absolute atomic E-state index is 12.2. The van der Waals surface area contributed by atoms with Crippen LogP contribution in [0, 0.1) is 11.8 Å². The van der Waals surface area contributed by atoms with Gasteiger partial charge >= 0.3 is 0 Å². The minimum Gasteiger partial charge on any atom is -0.341 e. The lowest BCUT2D eigenvalue weighted by atomic mass is 9.89. The largest absolute Gasteiger partial charge is 0.341 e. The van der Waals surface area contributed by atoms with Gasteiger partial charge < -0.3 is 9.88 Å². The molecule has 5 nitrogen and oxygen atoms in total. The molecule has 0 unspecified atom stereocenters. The van der Waals surface area contributed by atoms with E-state index in [9.17, 15) is 4.79 Å². The highest BCUT2D eigenvalue weighted by atomic mass is 16.2. The third-order valence-electron chi connectivity index (χ3n) is 6.10. The number of nitrogens with zero attached hydrogens (tertiary/aromatic N) is 3. The highest BCUT2D eigenvalue weighted by Gasteiger charge is 2.48.